The van der Waals surface area contributed by atoms with Gasteiger partial charge in [-0.05, 0) is 57.2 Å². The first-order chi connectivity index (χ1) is 14.0. The van der Waals surface area contributed by atoms with Crippen LogP contribution in [0.5, 0.6) is 0 Å². The molecule has 1 aliphatic heterocycles. The normalized spacial score (nSPS) is 13.1. The molecule has 0 fully saturated rings. The Hall–Kier alpha value is -2.63. The van der Waals surface area contributed by atoms with E-state index in [1.54, 1.807) is 9.80 Å². The number of amides is 2. The summed E-state index contributed by atoms with van der Waals surface area (Å²) < 4.78 is 1.98. The van der Waals surface area contributed by atoms with Crippen LogP contribution in [0.15, 0.2) is 24.3 Å². The molecule has 1 aromatic heterocycles. The average molecular weight is 397 g/mol. The van der Waals surface area contributed by atoms with Crippen LogP contribution in [-0.2, 0) is 13.0 Å². The molecule has 1 aliphatic rings. The Labute approximate surface area is 173 Å². The van der Waals surface area contributed by atoms with Gasteiger partial charge in [-0.3, -0.25) is 9.59 Å². The maximum Gasteiger partial charge on any atom is 0.294 e. The molecule has 1 aromatic carbocycles. The quantitative estimate of drug-likeness (QED) is 0.709. The Morgan fingerprint density at radius 1 is 1.17 bits per heavy atom. The van der Waals surface area contributed by atoms with E-state index in [2.05, 4.69) is 11.9 Å². The summed E-state index contributed by atoms with van der Waals surface area (Å²) in [6.07, 6.45) is 4.80. The van der Waals surface area contributed by atoms with Gasteiger partial charge in [0.25, 0.3) is 11.8 Å². The van der Waals surface area contributed by atoms with Crippen molar-refractivity contribution in [3.63, 3.8) is 0 Å². The van der Waals surface area contributed by atoms with E-state index < -0.39 is 0 Å². The van der Waals surface area contributed by atoms with E-state index in [0.29, 0.717) is 24.6 Å². The molecule has 2 heterocycles. The first-order valence-corrected chi connectivity index (χ1v) is 10.7. The maximum atomic E-state index is 13.5. The van der Waals surface area contributed by atoms with Crippen molar-refractivity contribution in [2.75, 3.05) is 25.0 Å². The second-order valence-electron chi connectivity index (χ2n) is 7.81. The van der Waals surface area contributed by atoms with Gasteiger partial charge in [0, 0.05) is 32.4 Å². The molecule has 6 heteroatoms. The molecule has 6 nitrogen and oxygen atoms in total. The highest BCUT2D eigenvalue weighted by Crippen LogP contribution is 2.25. The number of aromatic nitrogens is 2. The van der Waals surface area contributed by atoms with Crippen LogP contribution in [0.4, 0.5) is 5.69 Å². The van der Waals surface area contributed by atoms with E-state index in [4.69, 9.17) is 0 Å². The summed E-state index contributed by atoms with van der Waals surface area (Å²) in [5.41, 5.74) is 3.33. The SMILES string of the molecule is CCCCN(C)C(=O)c1nc(C(=O)N(CC)c2cccc(C)c2)n2c1CCCC2. The minimum absolute atomic E-state index is 0.0817. The molecular weight excluding hydrogens is 364 g/mol. The van der Waals surface area contributed by atoms with Crippen molar-refractivity contribution in [1.82, 2.24) is 14.5 Å². The Balaban J connectivity index is 1.97. The molecule has 0 atom stereocenters. The van der Waals surface area contributed by atoms with Gasteiger partial charge in [0.05, 0.1) is 5.69 Å². The number of carbonyl (C=O) groups is 2. The molecule has 0 spiro atoms. The maximum absolute atomic E-state index is 13.5. The number of rotatable bonds is 7. The van der Waals surface area contributed by atoms with Gasteiger partial charge < -0.3 is 14.4 Å². The summed E-state index contributed by atoms with van der Waals surface area (Å²) in [7, 11) is 1.82. The average Bonchev–Trinajstić information content (AvgIpc) is 3.11. The van der Waals surface area contributed by atoms with Gasteiger partial charge in [-0.1, -0.05) is 25.5 Å². The Kier molecular flexibility index (Phi) is 6.72. The van der Waals surface area contributed by atoms with Crippen LogP contribution in [0.2, 0.25) is 0 Å². The molecule has 0 radical (unpaired) electrons. The zero-order chi connectivity index (χ0) is 21.0. The lowest BCUT2D eigenvalue weighted by atomic mass is 10.1. The zero-order valence-electron chi connectivity index (χ0n) is 18.1. The van der Waals surface area contributed by atoms with Gasteiger partial charge in [-0.15, -0.1) is 0 Å². The number of anilines is 1. The predicted molar refractivity (Wildman–Crippen MR) is 116 cm³/mol. The third-order valence-corrected chi connectivity index (χ3v) is 5.58. The number of unbranched alkanes of at least 4 members (excludes halogenated alkanes) is 1. The molecule has 0 saturated carbocycles. The van der Waals surface area contributed by atoms with Crippen molar-refractivity contribution in [2.24, 2.45) is 0 Å². The van der Waals surface area contributed by atoms with Gasteiger partial charge >= 0.3 is 0 Å². The predicted octanol–water partition coefficient (Wildman–Crippen LogP) is 4.07. The first kappa shape index (κ1) is 21.1. The Morgan fingerprint density at radius 3 is 2.66 bits per heavy atom. The third kappa shape index (κ3) is 4.36. The van der Waals surface area contributed by atoms with E-state index in [1.807, 2.05) is 49.7 Å². The van der Waals surface area contributed by atoms with Gasteiger partial charge in [-0.2, -0.15) is 0 Å². The third-order valence-electron chi connectivity index (χ3n) is 5.58. The number of hydrogen-bond donors (Lipinski definition) is 0. The Bertz CT molecular complexity index is 887. The molecule has 29 heavy (non-hydrogen) atoms. The van der Waals surface area contributed by atoms with Gasteiger partial charge in [0.2, 0.25) is 5.82 Å². The molecule has 3 rings (SSSR count). The number of carbonyl (C=O) groups excluding carboxylic acids is 2. The summed E-state index contributed by atoms with van der Waals surface area (Å²) in [4.78, 5) is 34.6. The van der Waals surface area contributed by atoms with Gasteiger partial charge in [0.1, 0.15) is 5.69 Å². The second kappa shape index (κ2) is 9.25. The van der Waals surface area contributed by atoms with Crippen molar-refractivity contribution in [2.45, 2.75) is 59.4 Å². The molecule has 2 aromatic rings. The number of benzene rings is 1. The molecule has 156 valence electrons. The molecule has 0 saturated heterocycles. The van der Waals surface area contributed by atoms with E-state index in [0.717, 1.165) is 55.6 Å². The monoisotopic (exact) mass is 396 g/mol. The lowest BCUT2D eigenvalue weighted by Gasteiger charge is -2.23. The molecular formula is C23H32N4O2. The number of aryl methyl sites for hydroxylation is 1. The van der Waals surface area contributed by atoms with Crippen molar-refractivity contribution >= 4 is 17.5 Å². The number of imidazole rings is 1. The lowest BCUT2D eigenvalue weighted by Crippen LogP contribution is -2.33. The van der Waals surface area contributed by atoms with Crippen molar-refractivity contribution in [3.8, 4) is 0 Å². The number of nitrogens with zero attached hydrogens (tertiary/aromatic N) is 4. The summed E-state index contributed by atoms with van der Waals surface area (Å²) in [5.74, 6) is 0.161. The highest BCUT2D eigenvalue weighted by Gasteiger charge is 2.31. The van der Waals surface area contributed by atoms with E-state index in [1.165, 1.54) is 0 Å². The fourth-order valence-corrected chi connectivity index (χ4v) is 3.92. The lowest BCUT2D eigenvalue weighted by molar-refractivity contribution is 0.0786. The van der Waals surface area contributed by atoms with Crippen molar-refractivity contribution in [3.05, 3.63) is 47.0 Å². The van der Waals surface area contributed by atoms with Crippen LogP contribution in [0.1, 0.15) is 71.9 Å². The second-order valence-corrected chi connectivity index (χ2v) is 7.81. The summed E-state index contributed by atoms with van der Waals surface area (Å²) >= 11 is 0. The minimum Gasteiger partial charge on any atom is -0.340 e. The Morgan fingerprint density at radius 2 is 1.97 bits per heavy atom. The van der Waals surface area contributed by atoms with E-state index in [-0.39, 0.29) is 11.8 Å². The number of fused-ring (bicyclic) bond motifs is 1. The van der Waals surface area contributed by atoms with E-state index >= 15 is 0 Å². The first-order valence-electron chi connectivity index (χ1n) is 10.7. The van der Waals surface area contributed by atoms with Crippen LogP contribution >= 0.6 is 0 Å². The minimum atomic E-state index is -0.142. The van der Waals surface area contributed by atoms with Gasteiger partial charge in [-0.25, -0.2) is 4.98 Å². The van der Waals surface area contributed by atoms with Crippen LogP contribution in [0.25, 0.3) is 0 Å². The largest absolute Gasteiger partial charge is 0.340 e. The van der Waals surface area contributed by atoms with Crippen LogP contribution in [0.3, 0.4) is 0 Å². The summed E-state index contributed by atoms with van der Waals surface area (Å²) in [6, 6.07) is 7.92. The highest BCUT2D eigenvalue weighted by atomic mass is 16.2. The van der Waals surface area contributed by atoms with Gasteiger partial charge in [0.15, 0.2) is 0 Å². The van der Waals surface area contributed by atoms with Crippen LogP contribution < -0.4 is 4.90 Å². The molecule has 0 bridgehead atoms. The highest BCUT2D eigenvalue weighted by molar-refractivity contribution is 6.05. The van der Waals surface area contributed by atoms with E-state index in [9.17, 15) is 9.59 Å². The molecule has 0 aliphatic carbocycles. The zero-order valence-corrected chi connectivity index (χ0v) is 18.1. The molecule has 2 amide bonds. The smallest absolute Gasteiger partial charge is 0.294 e. The van der Waals surface area contributed by atoms with Crippen LogP contribution in [0, 0.1) is 6.92 Å². The molecule has 0 N–H and O–H groups in total. The molecule has 0 unspecified atom stereocenters. The number of hydrogen-bond acceptors (Lipinski definition) is 3. The van der Waals surface area contributed by atoms with Crippen molar-refractivity contribution < 1.29 is 9.59 Å². The summed E-state index contributed by atoms with van der Waals surface area (Å²) in [6.45, 7) is 8.07. The fourth-order valence-electron chi connectivity index (χ4n) is 3.92. The van der Waals surface area contributed by atoms with Crippen LogP contribution in [-0.4, -0.2) is 46.4 Å². The topological polar surface area (TPSA) is 58.4 Å². The summed E-state index contributed by atoms with van der Waals surface area (Å²) in [5, 5.41) is 0. The fraction of sp³-hybridized carbons (Fsp3) is 0.522. The standard InChI is InChI=1S/C23H32N4O2/c1-5-7-14-25(4)22(28)20-19-13-8-9-15-27(19)21(24-20)23(29)26(6-2)18-12-10-11-17(3)16-18/h10-12,16H,5-9,13-15H2,1-4H3. The van der Waals surface area contributed by atoms with Crippen molar-refractivity contribution in [1.29, 1.82) is 0 Å².